The second kappa shape index (κ2) is 7.66. The van der Waals surface area contributed by atoms with Gasteiger partial charge in [0.05, 0.1) is 12.2 Å². The number of anilines is 1. The Kier molecular flexibility index (Phi) is 5.87. The lowest BCUT2D eigenvalue weighted by Crippen LogP contribution is -2.40. The minimum atomic E-state index is -0.947. The van der Waals surface area contributed by atoms with Crippen molar-refractivity contribution in [2.24, 2.45) is 0 Å². The molecule has 1 atom stereocenters. The Labute approximate surface area is 133 Å². The third-order valence-corrected chi connectivity index (χ3v) is 4.60. The maximum absolute atomic E-state index is 11.9. The average molecular weight is 326 g/mol. The highest BCUT2D eigenvalue weighted by Gasteiger charge is 2.20. The summed E-state index contributed by atoms with van der Waals surface area (Å²) in [5.41, 5.74) is 0.967. The highest BCUT2D eigenvalue weighted by molar-refractivity contribution is 7.13. The van der Waals surface area contributed by atoms with Crippen molar-refractivity contribution < 1.29 is 14.7 Å². The highest BCUT2D eigenvalue weighted by Crippen LogP contribution is 2.18. The number of likely N-dealkylation sites (tertiary alicyclic amines) is 1. The minimum absolute atomic E-state index is 0.0223. The van der Waals surface area contributed by atoms with Crippen LogP contribution < -0.4 is 5.32 Å². The van der Waals surface area contributed by atoms with Crippen molar-refractivity contribution in [1.29, 1.82) is 0 Å². The predicted molar refractivity (Wildman–Crippen MR) is 85.0 cm³/mol. The topological polar surface area (TPSA) is 85.8 Å². The van der Waals surface area contributed by atoms with Gasteiger partial charge in [0, 0.05) is 11.9 Å². The number of likely N-dealkylation sites (N-methyl/N-ethyl adjacent to an activating group) is 1. The van der Waals surface area contributed by atoms with Crippen LogP contribution in [-0.2, 0) is 16.1 Å². The second-order valence-corrected chi connectivity index (χ2v) is 6.46. The molecule has 1 aliphatic heterocycles. The summed E-state index contributed by atoms with van der Waals surface area (Å²) in [7, 11) is 1.61. The van der Waals surface area contributed by atoms with E-state index in [1.54, 1.807) is 14.0 Å². The Morgan fingerprint density at radius 2 is 2.18 bits per heavy atom. The number of aromatic nitrogens is 1. The van der Waals surface area contributed by atoms with Gasteiger partial charge in [-0.3, -0.25) is 19.4 Å². The van der Waals surface area contributed by atoms with E-state index in [2.05, 4.69) is 15.2 Å². The van der Waals surface area contributed by atoms with E-state index < -0.39 is 12.0 Å². The van der Waals surface area contributed by atoms with E-state index >= 15 is 0 Å². The maximum atomic E-state index is 11.9. The molecule has 0 radical (unpaired) electrons. The number of rotatable bonds is 7. The molecule has 1 aromatic heterocycles. The fraction of sp³-hybridized carbons (Fsp3) is 0.643. The zero-order valence-electron chi connectivity index (χ0n) is 12.9. The van der Waals surface area contributed by atoms with Crippen molar-refractivity contribution >= 4 is 28.3 Å². The number of carbonyl (C=O) groups is 2. The number of carbonyl (C=O) groups excluding carboxylic acids is 1. The number of aliphatic carboxylic acids is 1. The van der Waals surface area contributed by atoms with Crippen LogP contribution in [0.4, 0.5) is 5.13 Å². The van der Waals surface area contributed by atoms with E-state index in [-0.39, 0.29) is 12.5 Å². The number of hydrogen-bond donors (Lipinski definition) is 2. The molecule has 0 spiro atoms. The Balaban J connectivity index is 1.81. The van der Waals surface area contributed by atoms with Crippen molar-refractivity contribution in [3.63, 3.8) is 0 Å². The van der Waals surface area contributed by atoms with E-state index in [1.165, 1.54) is 29.1 Å². The van der Waals surface area contributed by atoms with Crippen LogP contribution in [0.15, 0.2) is 5.38 Å². The van der Waals surface area contributed by atoms with Gasteiger partial charge in [-0.1, -0.05) is 0 Å². The molecular formula is C14H22N4O3S. The monoisotopic (exact) mass is 326 g/mol. The van der Waals surface area contributed by atoms with E-state index in [4.69, 9.17) is 5.11 Å². The summed E-state index contributed by atoms with van der Waals surface area (Å²) in [6, 6.07) is -0.701. The van der Waals surface area contributed by atoms with Crippen molar-refractivity contribution in [1.82, 2.24) is 14.8 Å². The van der Waals surface area contributed by atoms with Crippen molar-refractivity contribution in [2.75, 3.05) is 32.0 Å². The van der Waals surface area contributed by atoms with Gasteiger partial charge in [0.1, 0.15) is 6.04 Å². The molecule has 0 bridgehead atoms. The molecule has 1 amide bonds. The SMILES string of the molecule is CC(C(=O)O)N(C)CC(=O)Nc1nc(CN2CCCC2)cs1. The number of nitrogens with zero attached hydrogens (tertiary/aromatic N) is 3. The van der Waals surface area contributed by atoms with Crippen LogP contribution in [0, 0.1) is 0 Å². The number of carboxylic acids is 1. The van der Waals surface area contributed by atoms with Gasteiger partial charge in [-0.15, -0.1) is 11.3 Å². The first-order valence-corrected chi connectivity index (χ1v) is 8.23. The molecule has 1 aliphatic rings. The maximum Gasteiger partial charge on any atom is 0.320 e. The third kappa shape index (κ3) is 4.75. The largest absolute Gasteiger partial charge is 0.480 e. The molecule has 2 rings (SSSR count). The van der Waals surface area contributed by atoms with Gasteiger partial charge in [-0.25, -0.2) is 4.98 Å². The summed E-state index contributed by atoms with van der Waals surface area (Å²) < 4.78 is 0. The molecule has 2 N–H and O–H groups in total. The van der Waals surface area contributed by atoms with Crippen LogP contribution in [0.3, 0.4) is 0 Å². The van der Waals surface area contributed by atoms with Gasteiger partial charge in [-0.2, -0.15) is 0 Å². The summed E-state index contributed by atoms with van der Waals surface area (Å²) in [5.74, 6) is -1.20. The molecule has 1 aromatic rings. The molecule has 1 fully saturated rings. The highest BCUT2D eigenvalue weighted by atomic mass is 32.1. The van der Waals surface area contributed by atoms with Crippen LogP contribution in [0.1, 0.15) is 25.5 Å². The fourth-order valence-corrected chi connectivity index (χ4v) is 3.04. The molecule has 0 aromatic carbocycles. The molecule has 7 nitrogen and oxygen atoms in total. The molecule has 0 saturated carbocycles. The molecule has 8 heteroatoms. The van der Waals surface area contributed by atoms with E-state index in [0.29, 0.717) is 5.13 Å². The Morgan fingerprint density at radius 1 is 1.50 bits per heavy atom. The predicted octanol–water partition coefficient (Wildman–Crippen LogP) is 1.08. The first-order valence-electron chi connectivity index (χ1n) is 7.35. The number of carboxylic acid groups (broad SMARTS) is 1. The first-order chi connectivity index (χ1) is 10.5. The third-order valence-electron chi connectivity index (χ3n) is 3.79. The lowest BCUT2D eigenvalue weighted by Gasteiger charge is -2.19. The second-order valence-electron chi connectivity index (χ2n) is 5.60. The van der Waals surface area contributed by atoms with E-state index in [1.807, 2.05) is 5.38 Å². The molecule has 1 unspecified atom stereocenters. The standard InChI is InChI=1S/C14H22N4O3S/c1-10(13(20)21)17(2)8-12(19)16-14-15-11(9-22-14)7-18-5-3-4-6-18/h9-10H,3-8H2,1-2H3,(H,20,21)(H,15,16,19). The summed E-state index contributed by atoms with van der Waals surface area (Å²) in [5, 5.41) is 14.2. The summed E-state index contributed by atoms with van der Waals surface area (Å²) in [6.45, 7) is 4.61. The van der Waals surface area contributed by atoms with Gasteiger partial charge in [0.25, 0.3) is 0 Å². The molecule has 122 valence electrons. The van der Waals surface area contributed by atoms with Crippen LogP contribution in [0.5, 0.6) is 0 Å². The number of nitrogens with one attached hydrogen (secondary N) is 1. The molecule has 2 heterocycles. The molecule has 0 aliphatic carbocycles. The number of hydrogen-bond acceptors (Lipinski definition) is 6. The lowest BCUT2D eigenvalue weighted by molar-refractivity contribution is -0.142. The zero-order chi connectivity index (χ0) is 16.1. The van der Waals surface area contributed by atoms with E-state index in [0.717, 1.165) is 25.3 Å². The van der Waals surface area contributed by atoms with Gasteiger partial charge >= 0.3 is 5.97 Å². The summed E-state index contributed by atoms with van der Waals surface area (Å²) >= 11 is 1.40. The first kappa shape index (κ1) is 16.9. The Morgan fingerprint density at radius 3 is 2.82 bits per heavy atom. The van der Waals surface area contributed by atoms with Crippen molar-refractivity contribution in [2.45, 2.75) is 32.4 Å². The Bertz CT molecular complexity index is 528. The molecular weight excluding hydrogens is 304 g/mol. The zero-order valence-corrected chi connectivity index (χ0v) is 13.7. The average Bonchev–Trinajstić information content (AvgIpc) is 3.10. The molecule has 1 saturated heterocycles. The Hall–Kier alpha value is -1.51. The molecule has 22 heavy (non-hydrogen) atoms. The lowest BCUT2D eigenvalue weighted by atomic mass is 10.3. The van der Waals surface area contributed by atoms with Crippen LogP contribution in [0.2, 0.25) is 0 Å². The normalized spacial score (nSPS) is 16.9. The minimum Gasteiger partial charge on any atom is -0.480 e. The van der Waals surface area contributed by atoms with Crippen LogP contribution in [-0.4, -0.2) is 64.5 Å². The number of thiazole rings is 1. The number of amides is 1. The van der Waals surface area contributed by atoms with E-state index in [9.17, 15) is 9.59 Å². The quantitative estimate of drug-likeness (QED) is 0.780. The van der Waals surface area contributed by atoms with Gasteiger partial charge in [-0.05, 0) is 39.9 Å². The van der Waals surface area contributed by atoms with Crippen LogP contribution in [0.25, 0.3) is 0 Å². The van der Waals surface area contributed by atoms with Crippen molar-refractivity contribution in [3.8, 4) is 0 Å². The van der Waals surface area contributed by atoms with Crippen molar-refractivity contribution in [3.05, 3.63) is 11.1 Å². The van der Waals surface area contributed by atoms with Gasteiger partial charge in [0.2, 0.25) is 5.91 Å². The fourth-order valence-electron chi connectivity index (χ4n) is 2.32. The summed E-state index contributed by atoms with van der Waals surface area (Å²) in [6.07, 6.45) is 2.48. The van der Waals surface area contributed by atoms with Gasteiger partial charge < -0.3 is 10.4 Å². The summed E-state index contributed by atoms with van der Waals surface area (Å²) in [4.78, 5) is 31.0. The van der Waals surface area contributed by atoms with Crippen LogP contribution >= 0.6 is 11.3 Å². The van der Waals surface area contributed by atoms with Gasteiger partial charge in [0.15, 0.2) is 5.13 Å². The smallest absolute Gasteiger partial charge is 0.320 e.